The monoisotopic (exact) mass is 275 g/mol. The van der Waals surface area contributed by atoms with Crippen molar-refractivity contribution in [1.29, 1.82) is 0 Å². The molecular weight excluding hydrogens is 261 g/mol. The molecule has 0 unspecified atom stereocenters. The van der Waals surface area contributed by atoms with Gasteiger partial charge in [0.2, 0.25) is 0 Å². The molecule has 0 saturated carbocycles. The SMILES string of the molecule is Cc1cc(CNc2cc([N+](=O)[O-])ccn2)cc(C)c1F. The summed E-state index contributed by atoms with van der Waals surface area (Å²) in [4.78, 5) is 14.2. The maximum absolute atomic E-state index is 13.5. The number of nitro groups is 1. The molecule has 1 heterocycles. The predicted molar refractivity (Wildman–Crippen MR) is 74.1 cm³/mol. The molecule has 20 heavy (non-hydrogen) atoms. The van der Waals surface area contributed by atoms with Gasteiger partial charge in [-0.3, -0.25) is 10.1 Å². The van der Waals surface area contributed by atoms with Gasteiger partial charge >= 0.3 is 0 Å². The van der Waals surface area contributed by atoms with Crippen LogP contribution in [0.3, 0.4) is 0 Å². The van der Waals surface area contributed by atoms with Crippen LogP contribution in [0.4, 0.5) is 15.9 Å². The Morgan fingerprint density at radius 3 is 2.55 bits per heavy atom. The van der Waals surface area contributed by atoms with Crippen molar-refractivity contribution in [3.63, 3.8) is 0 Å². The van der Waals surface area contributed by atoms with Crippen molar-refractivity contribution in [2.45, 2.75) is 20.4 Å². The van der Waals surface area contributed by atoms with Gasteiger partial charge in [-0.25, -0.2) is 9.37 Å². The molecule has 1 aromatic carbocycles. The van der Waals surface area contributed by atoms with Crippen molar-refractivity contribution in [2.75, 3.05) is 5.32 Å². The number of aromatic nitrogens is 1. The summed E-state index contributed by atoms with van der Waals surface area (Å²) in [6.07, 6.45) is 1.38. The Kier molecular flexibility index (Phi) is 3.93. The van der Waals surface area contributed by atoms with Crippen molar-refractivity contribution in [1.82, 2.24) is 4.98 Å². The Bertz CT molecular complexity index is 636. The number of halogens is 1. The van der Waals surface area contributed by atoms with Crippen LogP contribution in [-0.4, -0.2) is 9.91 Å². The van der Waals surface area contributed by atoms with E-state index >= 15 is 0 Å². The van der Waals surface area contributed by atoms with Gasteiger partial charge in [0.15, 0.2) is 0 Å². The molecule has 2 rings (SSSR count). The number of nitrogens with one attached hydrogen (secondary N) is 1. The highest BCUT2D eigenvalue weighted by atomic mass is 19.1. The maximum Gasteiger partial charge on any atom is 0.274 e. The summed E-state index contributed by atoms with van der Waals surface area (Å²) in [7, 11) is 0. The largest absolute Gasteiger partial charge is 0.366 e. The molecule has 6 heteroatoms. The molecule has 5 nitrogen and oxygen atoms in total. The van der Waals surface area contributed by atoms with Crippen LogP contribution < -0.4 is 5.32 Å². The van der Waals surface area contributed by atoms with E-state index in [1.54, 1.807) is 26.0 Å². The molecule has 0 aliphatic carbocycles. The van der Waals surface area contributed by atoms with E-state index < -0.39 is 4.92 Å². The van der Waals surface area contributed by atoms with E-state index in [2.05, 4.69) is 10.3 Å². The minimum absolute atomic E-state index is 0.0195. The third kappa shape index (κ3) is 3.09. The molecule has 0 bridgehead atoms. The van der Waals surface area contributed by atoms with Gasteiger partial charge in [-0.05, 0) is 30.5 Å². The number of aryl methyl sites for hydroxylation is 2. The van der Waals surface area contributed by atoms with E-state index in [0.717, 1.165) is 5.56 Å². The third-order valence-electron chi connectivity index (χ3n) is 2.92. The van der Waals surface area contributed by atoms with Crippen LogP contribution >= 0.6 is 0 Å². The van der Waals surface area contributed by atoms with Crippen molar-refractivity contribution in [3.05, 3.63) is 63.1 Å². The fourth-order valence-electron chi connectivity index (χ4n) is 1.96. The van der Waals surface area contributed by atoms with Crippen LogP contribution in [0.25, 0.3) is 0 Å². The van der Waals surface area contributed by atoms with Crippen LogP contribution in [0.1, 0.15) is 16.7 Å². The summed E-state index contributed by atoms with van der Waals surface area (Å²) in [5, 5.41) is 13.7. The zero-order valence-electron chi connectivity index (χ0n) is 11.2. The lowest BCUT2D eigenvalue weighted by Crippen LogP contribution is -2.03. The second-order valence-corrected chi connectivity index (χ2v) is 4.55. The van der Waals surface area contributed by atoms with E-state index in [1.807, 2.05) is 0 Å². The number of pyridine rings is 1. The molecule has 1 aromatic heterocycles. The summed E-state index contributed by atoms with van der Waals surface area (Å²) in [5.74, 6) is 0.209. The highest BCUT2D eigenvalue weighted by Gasteiger charge is 2.07. The summed E-state index contributed by atoms with van der Waals surface area (Å²) < 4.78 is 13.5. The Morgan fingerprint density at radius 2 is 1.95 bits per heavy atom. The zero-order valence-corrected chi connectivity index (χ0v) is 11.2. The lowest BCUT2D eigenvalue weighted by atomic mass is 10.1. The van der Waals surface area contributed by atoms with Crippen LogP contribution in [0, 0.1) is 29.8 Å². The number of hydrogen-bond donors (Lipinski definition) is 1. The number of nitrogens with zero attached hydrogens (tertiary/aromatic N) is 2. The van der Waals surface area contributed by atoms with Crippen molar-refractivity contribution in [3.8, 4) is 0 Å². The van der Waals surface area contributed by atoms with Gasteiger partial charge in [0.05, 0.1) is 11.0 Å². The molecule has 0 aliphatic rings. The lowest BCUT2D eigenvalue weighted by molar-refractivity contribution is -0.384. The maximum atomic E-state index is 13.5. The fourth-order valence-corrected chi connectivity index (χ4v) is 1.96. The molecule has 0 fully saturated rings. The van der Waals surface area contributed by atoms with Gasteiger partial charge in [-0.2, -0.15) is 0 Å². The standard InChI is InChI=1S/C14H14FN3O2/c1-9-5-11(6-10(2)14(9)15)8-17-13-7-12(18(19)20)3-4-16-13/h3-7H,8H2,1-2H3,(H,16,17). The van der Waals surface area contributed by atoms with E-state index in [9.17, 15) is 14.5 Å². The summed E-state index contributed by atoms with van der Waals surface area (Å²) >= 11 is 0. The van der Waals surface area contributed by atoms with Crippen LogP contribution in [0.15, 0.2) is 30.5 Å². The molecule has 0 atom stereocenters. The first-order valence-electron chi connectivity index (χ1n) is 6.07. The quantitative estimate of drug-likeness (QED) is 0.686. The first-order chi connectivity index (χ1) is 9.47. The fraction of sp³-hybridized carbons (Fsp3) is 0.214. The van der Waals surface area contributed by atoms with Gasteiger partial charge in [0, 0.05) is 18.8 Å². The first kappa shape index (κ1) is 13.9. The molecule has 0 amide bonds. The number of rotatable bonds is 4. The summed E-state index contributed by atoms with van der Waals surface area (Å²) in [5.41, 5.74) is 2.03. The first-order valence-corrected chi connectivity index (χ1v) is 6.07. The molecular formula is C14H14FN3O2. The molecule has 104 valence electrons. The van der Waals surface area contributed by atoms with Crippen LogP contribution in [0.5, 0.6) is 0 Å². The molecule has 0 aliphatic heterocycles. The number of anilines is 1. The van der Waals surface area contributed by atoms with Crippen LogP contribution in [0.2, 0.25) is 0 Å². The van der Waals surface area contributed by atoms with E-state index in [-0.39, 0.29) is 11.5 Å². The molecule has 0 radical (unpaired) electrons. The highest BCUT2D eigenvalue weighted by Crippen LogP contribution is 2.17. The highest BCUT2D eigenvalue weighted by molar-refractivity contribution is 5.45. The zero-order chi connectivity index (χ0) is 14.7. The van der Waals surface area contributed by atoms with Gasteiger partial charge in [-0.15, -0.1) is 0 Å². The van der Waals surface area contributed by atoms with Crippen molar-refractivity contribution >= 4 is 11.5 Å². The Labute approximate surface area is 115 Å². The Balaban J connectivity index is 2.13. The van der Waals surface area contributed by atoms with Gasteiger partial charge in [-0.1, -0.05) is 12.1 Å². The van der Waals surface area contributed by atoms with E-state index in [4.69, 9.17) is 0 Å². The van der Waals surface area contributed by atoms with Crippen molar-refractivity contribution < 1.29 is 9.31 Å². The minimum atomic E-state index is -0.473. The Morgan fingerprint density at radius 1 is 1.30 bits per heavy atom. The Hall–Kier alpha value is -2.50. The summed E-state index contributed by atoms with van der Waals surface area (Å²) in [6.45, 7) is 3.84. The third-order valence-corrected chi connectivity index (χ3v) is 2.92. The summed E-state index contributed by atoms with van der Waals surface area (Å²) in [6, 6.07) is 6.18. The molecule has 2 aromatic rings. The minimum Gasteiger partial charge on any atom is -0.366 e. The van der Waals surface area contributed by atoms with Gasteiger partial charge in [0.1, 0.15) is 11.6 Å². The molecule has 1 N–H and O–H groups in total. The smallest absolute Gasteiger partial charge is 0.274 e. The topological polar surface area (TPSA) is 68.1 Å². The van der Waals surface area contributed by atoms with Gasteiger partial charge in [0.25, 0.3) is 5.69 Å². The van der Waals surface area contributed by atoms with Gasteiger partial charge < -0.3 is 5.32 Å². The average molecular weight is 275 g/mol. The molecule has 0 saturated heterocycles. The molecule has 0 spiro atoms. The predicted octanol–water partition coefficient (Wildman–Crippen LogP) is 3.36. The lowest BCUT2D eigenvalue weighted by Gasteiger charge is -2.08. The van der Waals surface area contributed by atoms with Crippen molar-refractivity contribution in [2.24, 2.45) is 0 Å². The second kappa shape index (κ2) is 5.64. The normalized spacial score (nSPS) is 10.3. The van der Waals surface area contributed by atoms with E-state index in [0.29, 0.717) is 23.5 Å². The average Bonchev–Trinajstić information content (AvgIpc) is 2.42. The van der Waals surface area contributed by atoms with Crippen LogP contribution in [-0.2, 0) is 6.54 Å². The second-order valence-electron chi connectivity index (χ2n) is 4.55. The number of benzene rings is 1. The van der Waals surface area contributed by atoms with E-state index in [1.165, 1.54) is 18.3 Å². The number of hydrogen-bond acceptors (Lipinski definition) is 4.